The Bertz CT molecular complexity index is 1150. The summed E-state index contributed by atoms with van der Waals surface area (Å²) in [5.74, 6) is 1.01. The van der Waals surface area contributed by atoms with E-state index >= 15 is 0 Å². The molecule has 0 saturated carbocycles. The number of benzene rings is 1. The summed E-state index contributed by atoms with van der Waals surface area (Å²) in [5.41, 5.74) is 3.47. The predicted molar refractivity (Wildman–Crippen MR) is 143 cm³/mol. The monoisotopic (exact) mass is 518 g/mol. The first-order valence-corrected chi connectivity index (χ1v) is 14.4. The first kappa shape index (κ1) is 24.2. The van der Waals surface area contributed by atoms with E-state index in [9.17, 15) is 4.79 Å². The number of piperazine rings is 1. The average molecular weight is 519 g/mol. The third-order valence-electron chi connectivity index (χ3n) is 9.37. The zero-order valence-electron chi connectivity index (χ0n) is 22.1. The molecular formula is C29H38N6O3. The Morgan fingerprint density at radius 1 is 1.05 bits per heavy atom. The molecule has 0 unspecified atom stereocenters. The van der Waals surface area contributed by atoms with Crippen molar-refractivity contribution in [3.8, 4) is 6.01 Å². The minimum Gasteiger partial charge on any atom is -0.461 e. The molecule has 4 saturated heterocycles. The lowest BCUT2D eigenvalue weighted by Gasteiger charge is -2.41. The van der Waals surface area contributed by atoms with Crippen LogP contribution in [0.15, 0.2) is 30.3 Å². The summed E-state index contributed by atoms with van der Waals surface area (Å²) >= 11 is 0. The molecule has 9 heteroatoms. The lowest BCUT2D eigenvalue weighted by molar-refractivity contribution is 0.0732. The number of ether oxygens (including phenoxy) is 2. The number of rotatable bonds is 6. The van der Waals surface area contributed by atoms with Gasteiger partial charge >= 0.3 is 12.1 Å². The Morgan fingerprint density at radius 3 is 2.58 bits per heavy atom. The highest BCUT2D eigenvalue weighted by atomic mass is 16.6. The molecule has 202 valence electrons. The molecule has 2 atom stereocenters. The predicted octanol–water partition coefficient (Wildman–Crippen LogP) is 3.12. The van der Waals surface area contributed by atoms with Crippen molar-refractivity contribution in [3.05, 3.63) is 47.2 Å². The van der Waals surface area contributed by atoms with Gasteiger partial charge < -0.3 is 19.7 Å². The molecule has 0 radical (unpaired) electrons. The van der Waals surface area contributed by atoms with Crippen LogP contribution in [0.4, 0.5) is 10.6 Å². The first-order valence-electron chi connectivity index (χ1n) is 14.4. The lowest BCUT2D eigenvalue weighted by Crippen LogP contribution is -2.56. The molecule has 38 heavy (non-hydrogen) atoms. The van der Waals surface area contributed by atoms with Gasteiger partial charge in [0.15, 0.2) is 0 Å². The van der Waals surface area contributed by atoms with Crippen molar-refractivity contribution >= 4 is 11.9 Å². The Labute approximate surface area is 224 Å². The van der Waals surface area contributed by atoms with Crippen LogP contribution in [0.25, 0.3) is 0 Å². The second-order valence-electron chi connectivity index (χ2n) is 11.6. The van der Waals surface area contributed by atoms with Gasteiger partial charge in [0.25, 0.3) is 0 Å². The summed E-state index contributed by atoms with van der Waals surface area (Å²) in [4.78, 5) is 30.0. The average Bonchev–Trinajstić information content (AvgIpc) is 3.61. The maximum absolute atomic E-state index is 13.1. The third kappa shape index (κ3) is 4.39. The Balaban J connectivity index is 1.07. The van der Waals surface area contributed by atoms with Crippen LogP contribution in [0.2, 0.25) is 0 Å². The molecule has 0 spiro atoms. The van der Waals surface area contributed by atoms with E-state index in [1.807, 2.05) is 35.2 Å². The second kappa shape index (κ2) is 10.0. The van der Waals surface area contributed by atoms with Gasteiger partial charge in [-0.05, 0) is 70.1 Å². The number of amides is 1. The standard InChI is InChI=1S/C29H38N6O3/c36-28(37-19-21-6-2-1-3-7-21)35-22-8-9-23(35)18-33(17-22)26-24-10-13-30-16-25(24)31-27(32-26)38-20-29-11-4-14-34(29)15-5-12-29/h1-3,6-7,22-23,30H,4-5,8-20H2/t22-,23+. The van der Waals surface area contributed by atoms with Crippen molar-refractivity contribution in [1.29, 1.82) is 0 Å². The fourth-order valence-electron chi connectivity index (χ4n) is 7.47. The minimum absolute atomic E-state index is 0.137. The normalized spacial score (nSPS) is 25.8. The maximum atomic E-state index is 13.1. The van der Waals surface area contributed by atoms with Gasteiger partial charge in [0, 0.05) is 25.2 Å². The molecule has 2 aromatic rings. The van der Waals surface area contributed by atoms with Crippen LogP contribution in [0, 0.1) is 0 Å². The number of nitrogens with zero attached hydrogens (tertiary/aromatic N) is 5. The third-order valence-corrected chi connectivity index (χ3v) is 9.37. The zero-order valence-corrected chi connectivity index (χ0v) is 22.1. The molecule has 0 aliphatic carbocycles. The highest BCUT2D eigenvalue weighted by Crippen LogP contribution is 2.40. The molecule has 2 bridgehead atoms. The number of fused-ring (bicyclic) bond motifs is 4. The van der Waals surface area contributed by atoms with Crippen LogP contribution in [0.3, 0.4) is 0 Å². The van der Waals surface area contributed by atoms with Gasteiger partial charge in [-0.2, -0.15) is 9.97 Å². The minimum atomic E-state index is -0.198. The quantitative estimate of drug-likeness (QED) is 0.625. The van der Waals surface area contributed by atoms with E-state index in [4.69, 9.17) is 19.4 Å². The topological polar surface area (TPSA) is 83.1 Å². The van der Waals surface area contributed by atoms with Crippen LogP contribution in [-0.4, -0.2) is 82.8 Å². The van der Waals surface area contributed by atoms with E-state index in [2.05, 4.69) is 15.1 Å². The number of anilines is 1. The number of carbonyl (C=O) groups excluding carboxylic acids is 1. The Kier molecular flexibility index (Phi) is 6.36. The van der Waals surface area contributed by atoms with E-state index in [-0.39, 0.29) is 23.7 Å². The molecule has 9 nitrogen and oxygen atoms in total. The van der Waals surface area contributed by atoms with Gasteiger partial charge in [-0.15, -0.1) is 0 Å². The SMILES string of the molecule is O=C(OCc1ccccc1)N1[C@@H]2CC[C@H]1CN(c1nc(OCC34CCCN3CCC4)nc3c1CCNC3)C2. The van der Waals surface area contributed by atoms with E-state index < -0.39 is 0 Å². The van der Waals surface area contributed by atoms with Crippen LogP contribution < -0.4 is 15.0 Å². The molecule has 7 rings (SSSR count). The number of hydrogen-bond donors (Lipinski definition) is 1. The summed E-state index contributed by atoms with van der Waals surface area (Å²) in [6, 6.07) is 10.7. The molecule has 1 aromatic carbocycles. The van der Waals surface area contributed by atoms with Crippen molar-refractivity contribution in [2.45, 2.75) is 75.7 Å². The first-order chi connectivity index (χ1) is 18.7. The van der Waals surface area contributed by atoms with Gasteiger partial charge in [-0.3, -0.25) is 9.80 Å². The van der Waals surface area contributed by atoms with Crippen molar-refractivity contribution in [3.63, 3.8) is 0 Å². The molecule has 4 fully saturated rings. The number of hydrogen-bond acceptors (Lipinski definition) is 8. The maximum Gasteiger partial charge on any atom is 0.410 e. The van der Waals surface area contributed by atoms with Crippen molar-refractivity contribution < 1.29 is 14.3 Å². The molecular weight excluding hydrogens is 480 g/mol. The number of aromatic nitrogens is 2. The highest BCUT2D eigenvalue weighted by Gasteiger charge is 2.46. The molecule has 1 aromatic heterocycles. The fraction of sp³-hybridized carbons (Fsp3) is 0.621. The molecule has 1 N–H and O–H groups in total. The molecule has 6 heterocycles. The summed E-state index contributed by atoms with van der Waals surface area (Å²) in [6.45, 7) is 6.57. The van der Waals surface area contributed by atoms with Crippen molar-refractivity contribution in [1.82, 2.24) is 25.1 Å². The van der Waals surface area contributed by atoms with E-state index in [0.29, 0.717) is 19.2 Å². The van der Waals surface area contributed by atoms with Crippen LogP contribution in [-0.2, 0) is 24.3 Å². The largest absolute Gasteiger partial charge is 0.461 e. The smallest absolute Gasteiger partial charge is 0.410 e. The second-order valence-corrected chi connectivity index (χ2v) is 11.6. The van der Waals surface area contributed by atoms with Gasteiger partial charge in [-0.1, -0.05) is 30.3 Å². The summed E-state index contributed by atoms with van der Waals surface area (Å²) < 4.78 is 12.1. The summed E-state index contributed by atoms with van der Waals surface area (Å²) in [5, 5.41) is 3.47. The zero-order chi connectivity index (χ0) is 25.5. The molecule has 5 aliphatic rings. The van der Waals surface area contributed by atoms with Gasteiger partial charge in [0.2, 0.25) is 0 Å². The molecule has 1 amide bonds. The van der Waals surface area contributed by atoms with Gasteiger partial charge in [0.1, 0.15) is 19.0 Å². The van der Waals surface area contributed by atoms with Crippen LogP contribution >= 0.6 is 0 Å². The van der Waals surface area contributed by atoms with Gasteiger partial charge in [0.05, 0.1) is 23.3 Å². The Morgan fingerprint density at radius 2 is 1.82 bits per heavy atom. The van der Waals surface area contributed by atoms with Crippen LogP contribution in [0.5, 0.6) is 6.01 Å². The summed E-state index contributed by atoms with van der Waals surface area (Å²) in [7, 11) is 0. The van der Waals surface area contributed by atoms with E-state index in [1.165, 1.54) is 44.3 Å². The number of carbonyl (C=O) groups is 1. The van der Waals surface area contributed by atoms with Crippen LogP contribution in [0.1, 0.15) is 55.3 Å². The number of nitrogens with one attached hydrogen (secondary N) is 1. The van der Waals surface area contributed by atoms with Crippen molar-refractivity contribution in [2.75, 3.05) is 44.2 Å². The van der Waals surface area contributed by atoms with E-state index in [0.717, 1.165) is 62.5 Å². The summed E-state index contributed by atoms with van der Waals surface area (Å²) in [6.07, 6.45) is 7.63. The lowest BCUT2D eigenvalue weighted by atomic mass is 9.95. The van der Waals surface area contributed by atoms with E-state index in [1.54, 1.807) is 0 Å². The molecule has 5 aliphatic heterocycles. The fourth-order valence-corrected chi connectivity index (χ4v) is 7.47. The Hall–Kier alpha value is -2.91. The highest BCUT2D eigenvalue weighted by molar-refractivity contribution is 5.70. The van der Waals surface area contributed by atoms with Gasteiger partial charge in [-0.25, -0.2) is 4.79 Å². The van der Waals surface area contributed by atoms with Crippen molar-refractivity contribution in [2.24, 2.45) is 0 Å².